The molecule has 6 nitrogen and oxygen atoms in total. The topological polar surface area (TPSA) is 76.9 Å². The zero-order valence-electron chi connectivity index (χ0n) is 14.3. The first-order valence-corrected chi connectivity index (χ1v) is 10.5. The van der Waals surface area contributed by atoms with Crippen LogP contribution in [0.2, 0.25) is 0 Å². The average Bonchev–Trinajstić information content (AvgIpc) is 3.17. The van der Waals surface area contributed by atoms with E-state index in [4.69, 9.17) is 0 Å². The summed E-state index contributed by atoms with van der Waals surface area (Å²) < 4.78 is 3.11. The van der Waals surface area contributed by atoms with Gasteiger partial charge in [0.1, 0.15) is 0 Å². The van der Waals surface area contributed by atoms with Crippen LogP contribution in [0.15, 0.2) is 72.6 Å². The Morgan fingerprint density at radius 2 is 1.70 bits per heavy atom. The molecule has 0 saturated carbocycles. The number of rotatable bonds is 6. The summed E-state index contributed by atoms with van der Waals surface area (Å²) in [7, 11) is 0. The Kier molecular flexibility index (Phi) is 4.96. The molecule has 0 saturated heterocycles. The van der Waals surface area contributed by atoms with Crippen molar-refractivity contribution < 1.29 is 9.59 Å². The van der Waals surface area contributed by atoms with E-state index >= 15 is 0 Å². The predicted octanol–water partition coefficient (Wildman–Crippen LogP) is 1.32. The Morgan fingerprint density at radius 1 is 0.963 bits per heavy atom. The van der Waals surface area contributed by atoms with Gasteiger partial charge < -0.3 is 0 Å². The number of ketones is 2. The monoisotopic (exact) mass is 424 g/mol. The van der Waals surface area contributed by atoms with Crippen molar-refractivity contribution in [1.29, 1.82) is 0 Å². The molecule has 0 radical (unpaired) electrons. The number of benzene rings is 2. The van der Waals surface area contributed by atoms with Crippen LogP contribution in [0, 0.1) is 0 Å². The van der Waals surface area contributed by atoms with Crippen LogP contribution in [-0.4, -0.2) is 41.5 Å². The maximum absolute atomic E-state index is 12.5. The van der Waals surface area contributed by atoms with E-state index in [-0.39, 0.29) is 26.5 Å². The van der Waals surface area contributed by atoms with Gasteiger partial charge in [-0.1, -0.05) is 0 Å². The average molecular weight is 423 g/mol. The van der Waals surface area contributed by atoms with Crippen LogP contribution >= 0.6 is 0 Å². The van der Waals surface area contributed by atoms with Crippen LogP contribution in [0.1, 0.15) is 26.4 Å². The molecule has 7 heteroatoms. The summed E-state index contributed by atoms with van der Waals surface area (Å²) >= 11 is 0.275. The van der Waals surface area contributed by atoms with E-state index in [0.29, 0.717) is 23.4 Å². The van der Waals surface area contributed by atoms with Gasteiger partial charge in [-0.3, -0.25) is 0 Å². The first-order valence-electron chi connectivity index (χ1n) is 8.41. The third kappa shape index (κ3) is 3.89. The van der Waals surface area contributed by atoms with Crippen LogP contribution < -0.4 is 9.78 Å². The number of fused-ring (bicyclic) bond motifs is 1. The molecule has 0 aliphatic heterocycles. The Hall–Kier alpha value is -3.02. The maximum atomic E-state index is 12.5. The van der Waals surface area contributed by atoms with E-state index in [1.807, 2.05) is 29.1 Å². The van der Waals surface area contributed by atoms with E-state index < -0.39 is 0 Å². The molecule has 1 N–H and O–H groups in total. The van der Waals surface area contributed by atoms with Crippen LogP contribution in [0.5, 0.6) is 0 Å². The summed E-state index contributed by atoms with van der Waals surface area (Å²) in [5.74, 6) is -0.341. The van der Waals surface area contributed by atoms with Crippen LogP contribution in [-0.2, 0) is 12.0 Å². The van der Waals surface area contributed by atoms with Gasteiger partial charge in [-0.05, 0) is 0 Å². The summed E-state index contributed by atoms with van der Waals surface area (Å²) in [4.78, 5) is 24.7. The van der Waals surface area contributed by atoms with E-state index in [1.54, 1.807) is 24.3 Å². The minimum absolute atomic E-state index is 0.165. The number of Topliss-reactive ketones (excluding diaryl/α,β-unsaturated/α-hetero) is 1. The second kappa shape index (κ2) is 7.70. The molecule has 1 aliphatic rings. The summed E-state index contributed by atoms with van der Waals surface area (Å²) in [6.45, 7) is 0.339. The number of aromatic nitrogens is 3. The van der Waals surface area contributed by atoms with Gasteiger partial charge in [-0.25, -0.2) is 0 Å². The second-order valence-electron chi connectivity index (χ2n) is 5.99. The molecule has 134 valence electrons. The minimum atomic E-state index is -0.176. The summed E-state index contributed by atoms with van der Waals surface area (Å²) in [6, 6.07) is 17.1. The van der Waals surface area contributed by atoms with Crippen molar-refractivity contribution in [2.45, 2.75) is 12.0 Å². The fourth-order valence-corrected chi connectivity index (χ4v) is 4.36. The Morgan fingerprint density at radius 3 is 2.52 bits per heavy atom. The molecule has 0 fully saturated rings. The molecule has 2 aromatic carbocycles. The van der Waals surface area contributed by atoms with Gasteiger partial charge in [0.25, 0.3) is 0 Å². The number of hydrogen-bond acceptors (Lipinski definition) is 5. The molecule has 3 aromatic rings. The van der Waals surface area contributed by atoms with Crippen molar-refractivity contribution >= 4 is 31.0 Å². The Bertz CT molecular complexity index is 1030. The molecule has 1 aromatic heterocycles. The molecule has 0 atom stereocenters. The first-order chi connectivity index (χ1) is 13.2. The van der Waals surface area contributed by atoms with Crippen molar-refractivity contribution in [3.05, 3.63) is 89.4 Å². The van der Waals surface area contributed by atoms with E-state index in [1.165, 1.54) is 10.5 Å². The van der Waals surface area contributed by atoms with Crippen molar-refractivity contribution in [2.24, 2.45) is 0 Å². The second-order valence-corrected chi connectivity index (χ2v) is 8.12. The molecular formula is C20H16N4O2Se. The SMILES string of the molecule is O=C1C=C(NCc2cn(C[Se]c3ccccc3)nn2)C(=O)c2ccccc21. The molecule has 1 aliphatic carbocycles. The number of hydrogen-bond donors (Lipinski definition) is 1. The Balaban J connectivity index is 1.38. The van der Waals surface area contributed by atoms with Gasteiger partial charge >= 0.3 is 162 Å². The van der Waals surface area contributed by atoms with Crippen molar-refractivity contribution in [1.82, 2.24) is 20.3 Å². The van der Waals surface area contributed by atoms with Crippen LogP contribution in [0.3, 0.4) is 0 Å². The summed E-state index contributed by atoms with van der Waals surface area (Å²) in [6.07, 6.45) is 3.22. The van der Waals surface area contributed by atoms with Gasteiger partial charge in [-0.2, -0.15) is 0 Å². The molecule has 1 heterocycles. The van der Waals surface area contributed by atoms with Crippen molar-refractivity contribution in [3.8, 4) is 0 Å². The van der Waals surface area contributed by atoms with Gasteiger partial charge in [-0.15, -0.1) is 0 Å². The van der Waals surface area contributed by atoms with Gasteiger partial charge in [0.05, 0.1) is 0 Å². The number of nitrogens with zero attached hydrogens (tertiary/aromatic N) is 3. The number of carbonyl (C=O) groups excluding carboxylic acids is 2. The van der Waals surface area contributed by atoms with Crippen LogP contribution in [0.25, 0.3) is 0 Å². The third-order valence-electron chi connectivity index (χ3n) is 4.11. The standard InChI is InChI=1S/C20H16N4O2Se/c25-19-10-18(20(26)17-9-5-4-8-16(17)19)21-11-14-12-24(23-22-14)13-27-15-6-2-1-3-7-15/h1-10,12,21H,11,13H2. The fourth-order valence-electron chi connectivity index (χ4n) is 2.77. The summed E-state index contributed by atoms with van der Waals surface area (Å²) in [5, 5.41) is 11.3. The van der Waals surface area contributed by atoms with Gasteiger partial charge in [0.2, 0.25) is 0 Å². The van der Waals surface area contributed by atoms with E-state index in [0.717, 1.165) is 11.1 Å². The van der Waals surface area contributed by atoms with Gasteiger partial charge in [0, 0.05) is 0 Å². The fraction of sp³-hybridized carbons (Fsp3) is 0.100. The molecule has 27 heavy (non-hydrogen) atoms. The van der Waals surface area contributed by atoms with Gasteiger partial charge in [0.15, 0.2) is 0 Å². The van der Waals surface area contributed by atoms with Crippen molar-refractivity contribution in [3.63, 3.8) is 0 Å². The zero-order valence-corrected chi connectivity index (χ0v) is 16.0. The van der Waals surface area contributed by atoms with E-state index in [9.17, 15) is 9.59 Å². The third-order valence-corrected chi connectivity index (χ3v) is 6.21. The molecule has 0 unspecified atom stereocenters. The molecule has 0 spiro atoms. The molecule has 0 bridgehead atoms. The van der Waals surface area contributed by atoms with E-state index in [2.05, 4.69) is 27.8 Å². The zero-order chi connectivity index (χ0) is 18.6. The normalized spacial score (nSPS) is 13.3. The number of allylic oxidation sites excluding steroid dienone is 2. The molecular weight excluding hydrogens is 407 g/mol. The predicted molar refractivity (Wildman–Crippen MR) is 102 cm³/mol. The molecule has 0 amide bonds. The molecule has 4 rings (SSSR count). The number of carbonyl (C=O) groups is 2. The Labute approximate surface area is 162 Å². The quantitative estimate of drug-likeness (QED) is 0.606. The summed E-state index contributed by atoms with van der Waals surface area (Å²) in [5.41, 5.74) is 2.68. The van der Waals surface area contributed by atoms with Crippen LogP contribution in [0.4, 0.5) is 0 Å². The number of nitrogens with one attached hydrogen (secondary N) is 1. The first kappa shape index (κ1) is 17.4. The van der Waals surface area contributed by atoms with Crippen molar-refractivity contribution in [2.75, 3.05) is 0 Å².